The Balaban J connectivity index is 1.80. The SMILES string of the molecule is CCn1c(=O)cc(SCC(=O)Nc2cc(C)ccc2OC)c2ccccc21. The summed E-state index contributed by atoms with van der Waals surface area (Å²) in [6.45, 7) is 4.51. The zero-order chi connectivity index (χ0) is 19.4. The van der Waals surface area contributed by atoms with Crippen LogP contribution in [-0.4, -0.2) is 23.3 Å². The van der Waals surface area contributed by atoms with Gasteiger partial charge in [0.25, 0.3) is 5.56 Å². The molecular formula is C21H22N2O3S. The van der Waals surface area contributed by atoms with Crippen LogP contribution in [0.25, 0.3) is 10.9 Å². The number of amides is 1. The molecule has 6 heteroatoms. The minimum Gasteiger partial charge on any atom is -0.495 e. The first-order chi connectivity index (χ1) is 13.0. The maximum Gasteiger partial charge on any atom is 0.252 e. The highest BCUT2D eigenvalue weighted by Gasteiger charge is 2.12. The Morgan fingerprint density at radius 2 is 1.96 bits per heavy atom. The summed E-state index contributed by atoms with van der Waals surface area (Å²) in [5.41, 5.74) is 2.51. The number of carbonyl (C=O) groups excluding carboxylic acids is 1. The van der Waals surface area contributed by atoms with Crippen LogP contribution in [0.3, 0.4) is 0 Å². The van der Waals surface area contributed by atoms with Gasteiger partial charge in [0.15, 0.2) is 0 Å². The zero-order valence-corrected chi connectivity index (χ0v) is 16.4. The van der Waals surface area contributed by atoms with E-state index in [0.29, 0.717) is 18.0 Å². The summed E-state index contributed by atoms with van der Waals surface area (Å²) in [5.74, 6) is 0.680. The third-order valence-electron chi connectivity index (χ3n) is 4.28. The molecular weight excluding hydrogens is 360 g/mol. The van der Waals surface area contributed by atoms with E-state index in [-0.39, 0.29) is 17.2 Å². The fourth-order valence-corrected chi connectivity index (χ4v) is 3.87. The lowest BCUT2D eigenvalue weighted by Crippen LogP contribution is -2.19. The second-order valence-electron chi connectivity index (χ2n) is 6.15. The lowest BCUT2D eigenvalue weighted by Gasteiger charge is -2.13. The van der Waals surface area contributed by atoms with E-state index in [0.717, 1.165) is 21.4 Å². The van der Waals surface area contributed by atoms with E-state index >= 15 is 0 Å². The van der Waals surface area contributed by atoms with E-state index in [1.54, 1.807) is 17.7 Å². The third-order valence-corrected chi connectivity index (χ3v) is 5.34. The van der Waals surface area contributed by atoms with E-state index in [2.05, 4.69) is 5.32 Å². The molecule has 2 aromatic carbocycles. The number of para-hydroxylation sites is 1. The second-order valence-corrected chi connectivity index (χ2v) is 7.17. The molecule has 5 nitrogen and oxygen atoms in total. The normalized spacial score (nSPS) is 10.8. The number of carbonyl (C=O) groups is 1. The summed E-state index contributed by atoms with van der Waals surface area (Å²) in [4.78, 5) is 25.6. The van der Waals surface area contributed by atoms with Crippen LogP contribution in [0.1, 0.15) is 12.5 Å². The molecule has 0 fully saturated rings. The smallest absolute Gasteiger partial charge is 0.252 e. The first-order valence-electron chi connectivity index (χ1n) is 8.73. The highest BCUT2D eigenvalue weighted by atomic mass is 32.2. The molecule has 0 saturated carbocycles. The van der Waals surface area contributed by atoms with Crippen LogP contribution in [0.15, 0.2) is 58.2 Å². The molecule has 0 spiro atoms. The summed E-state index contributed by atoms with van der Waals surface area (Å²) in [7, 11) is 1.57. The number of aryl methyl sites for hydroxylation is 2. The average molecular weight is 382 g/mol. The van der Waals surface area contributed by atoms with Crippen LogP contribution in [0, 0.1) is 6.92 Å². The number of hydrogen-bond acceptors (Lipinski definition) is 4. The van der Waals surface area contributed by atoms with E-state index < -0.39 is 0 Å². The van der Waals surface area contributed by atoms with Gasteiger partial charge in [0, 0.05) is 22.9 Å². The van der Waals surface area contributed by atoms with E-state index in [1.807, 2.05) is 56.3 Å². The number of hydrogen-bond donors (Lipinski definition) is 1. The number of anilines is 1. The monoisotopic (exact) mass is 382 g/mol. The van der Waals surface area contributed by atoms with E-state index in [4.69, 9.17) is 4.74 Å². The molecule has 0 bridgehead atoms. The molecule has 3 rings (SSSR count). The fourth-order valence-electron chi connectivity index (χ4n) is 3.00. The largest absolute Gasteiger partial charge is 0.495 e. The quantitative estimate of drug-likeness (QED) is 0.653. The standard InChI is InChI=1S/C21H22N2O3S/c1-4-23-17-8-6-5-7-15(17)19(12-21(23)25)27-13-20(24)22-16-11-14(2)9-10-18(16)26-3/h5-12H,4,13H2,1-3H3,(H,22,24). The van der Waals surface area contributed by atoms with Crippen LogP contribution in [-0.2, 0) is 11.3 Å². The summed E-state index contributed by atoms with van der Waals surface area (Å²) in [6.07, 6.45) is 0. The van der Waals surface area contributed by atoms with Crippen LogP contribution in [0.2, 0.25) is 0 Å². The number of methoxy groups -OCH3 is 1. The highest BCUT2D eigenvalue weighted by Crippen LogP contribution is 2.28. The Hall–Kier alpha value is -2.73. The molecule has 140 valence electrons. The van der Waals surface area contributed by atoms with Gasteiger partial charge in [-0.25, -0.2) is 0 Å². The van der Waals surface area contributed by atoms with Crippen LogP contribution in [0.4, 0.5) is 5.69 Å². The maximum atomic E-state index is 12.4. The predicted molar refractivity (Wildman–Crippen MR) is 111 cm³/mol. The van der Waals surface area contributed by atoms with Gasteiger partial charge in [-0.15, -0.1) is 11.8 Å². The lowest BCUT2D eigenvalue weighted by atomic mass is 10.2. The zero-order valence-electron chi connectivity index (χ0n) is 15.6. The average Bonchev–Trinajstić information content (AvgIpc) is 2.66. The van der Waals surface area contributed by atoms with Crippen molar-refractivity contribution < 1.29 is 9.53 Å². The number of aromatic nitrogens is 1. The van der Waals surface area contributed by atoms with Crippen molar-refractivity contribution in [3.05, 3.63) is 64.4 Å². The van der Waals surface area contributed by atoms with Gasteiger partial charge in [0.05, 0.1) is 24.1 Å². The number of rotatable bonds is 6. The lowest BCUT2D eigenvalue weighted by molar-refractivity contribution is -0.113. The van der Waals surface area contributed by atoms with Crippen molar-refractivity contribution in [2.75, 3.05) is 18.2 Å². The first kappa shape index (κ1) is 19.0. The molecule has 27 heavy (non-hydrogen) atoms. The molecule has 0 atom stereocenters. The number of nitrogens with one attached hydrogen (secondary N) is 1. The molecule has 0 radical (unpaired) electrons. The number of ether oxygens (including phenoxy) is 1. The number of nitrogens with zero attached hydrogens (tertiary/aromatic N) is 1. The van der Waals surface area contributed by atoms with Gasteiger partial charge in [-0.3, -0.25) is 9.59 Å². The van der Waals surface area contributed by atoms with Crippen LogP contribution < -0.4 is 15.6 Å². The van der Waals surface area contributed by atoms with E-state index in [1.165, 1.54) is 11.8 Å². The number of pyridine rings is 1. The van der Waals surface area contributed by atoms with Crippen LogP contribution >= 0.6 is 11.8 Å². The van der Waals surface area contributed by atoms with E-state index in [9.17, 15) is 9.59 Å². The molecule has 0 aliphatic rings. The minimum absolute atomic E-state index is 0.0561. The van der Waals surface area contributed by atoms with Gasteiger partial charge in [-0.05, 0) is 37.6 Å². The Labute approximate surface area is 162 Å². The van der Waals surface area contributed by atoms with Crippen molar-refractivity contribution >= 4 is 34.3 Å². The first-order valence-corrected chi connectivity index (χ1v) is 9.72. The van der Waals surface area contributed by atoms with Gasteiger partial charge in [0.1, 0.15) is 5.75 Å². The molecule has 0 unspecified atom stereocenters. The highest BCUT2D eigenvalue weighted by molar-refractivity contribution is 8.00. The second kappa shape index (κ2) is 8.31. The van der Waals surface area contributed by atoms with Gasteiger partial charge in [-0.2, -0.15) is 0 Å². The molecule has 3 aromatic rings. The van der Waals surface area contributed by atoms with Crippen molar-refractivity contribution in [3.8, 4) is 5.75 Å². The van der Waals surface area contributed by atoms with Crippen molar-refractivity contribution in [1.82, 2.24) is 4.57 Å². The number of fused-ring (bicyclic) bond motifs is 1. The van der Waals surface area contributed by atoms with Gasteiger partial charge in [-0.1, -0.05) is 24.3 Å². The molecule has 1 N–H and O–H groups in total. The van der Waals surface area contributed by atoms with Gasteiger partial charge < -0.3 is 14.6 Å². The summed E-state index contributed by atoms with van der Waals surface area (Å²) < 4.78 is 7.03. The molecule has 1 heterocycles. The molecule has 0 aliphatic heterocycles. The summed E-state index contributed by atoms with van der Waals surface area (Å²) in [5, 5.41) is 3.87. The fraction of sp³-hybridized carbons (Fsp3) is 0.238. The topological polar surface area (TPSA) is 60.3 Å². The Bertz CT molecular complexity index is 1040. The van der Waals surface area contributed by atoms with Gasteiger partial charge >= 0.3 is 0 Å². The van der Waals surface area contributed by atoms with Crippen molar-refractivity contribution in [3.63, 3.8) is 0 Å². The molecule has 0 aliphatic carbocycles. The van der Waals surface area contributed by atoms with Gasteiger partial charge in [0.2, 0.25) is 5.91 Å². The van der Waals surface area contributed by atoms with Crippen molar-refractivity contribution in [2.45, 2.75) is 25.3 Å². The Kier molecular flexibility index (Phi) is 5.86. The minimum atomic E-state index is -0.146. The van der Waals surface area contributed by atoms with Crippen molar-refractivity contribution in [1.29, 1.82) is 0 Å². The Morgan fingerprint density at radius 1 is 1.19 bits per heavy atom. The summed E-state index contributed by atoms with van der Waals surface area (Å²) >= 11 is 1.36. The number of thioether (sulfide) groups is 1. The third kappa shape index (κ3) is 4.17. The predicted octanol–water partition coefficient (Wildman–Crippen LogP) is 4.07. The van der Waals surface area contributed by atoms with Crippen LogP contribution in [0.5, 0.6) is 5.75 Å². The summed E-state index contributed by atoms with van der Waals surface area (Å²) in [6, 6.07) is 15.0. The molecule has 0 saturated heterocycles. The molecule has 1 amide bonds. The number of benzene rings is 2. The van der Waals surface area contributed by atoms with Crippen molar-refractivity contribution in [2.24, 2.45) is 0 Å². The molecule has 1 aromatic heterocycles. The Morgan fingerprint density at radius 3 is 2.70 bits per heavy atom. The maximum absolute atomic E-state index is 12.4.